The van der Waals surface area contributed by atoms with Gasteiger partial charge in [-0.1, -0.05) is 42.5 Å². The highest BCUT2D eigenvalue weighted by molar-refractivity contribution is 5.98. The molecule has 7 nitrogen and oxygen atoms in total. The van der Waals surface area contributed by atoms with Crippen LogP contribution >= 0.6 is 0 Å². The number of pyridine rings is 1. The Hall–Kier alpha value is -4.00. The first-order chi connectivity index (χ1) is 13.6. The Balaban J connectivity index is 1.47. The van der Waals surface area contributed by atoms with E-state index < -0.39 is 11.8 Å². The number of hydrogen-bond acceptors (Lipinski definition) is 4. The van der Waals surface area contributed by atoms with Crippen LogP contribution in [0.1, 0.15) is 20.7 Å². The van der Waals surface area contributed by atoms with Crippen molar-refractivity contribution >= 4 is 17.7 Å². The van der Waals surface area contributed by atoms with Gasteiger partial charge >= 0.3 is 0 Å². The quantitative estimate of drug-likeness (QED) is 0.594. The molecule has 0 atom stereocenters. The second-order valence-electron chi connectivity index (χ2n) is 5.87. The molecule has 0 radical (unpaired) electrons. The molecule has 1 aromatic heterocycles. The molecule has 3 amide bonds. The molecule has 1 heterocycles. The standard InChI is InChI=1S/C21H18N4O3/c26-19(24-25-21(28)18-7-4-12-22-13-18)14-23-20(27)17-10-8-16(9-11-17)15-5-2-1-3-6-15/h1-13H,14H2,(H,23,27)(H,24,26)(H,25,28). The molecule has 3 rings (SSSR count). The van der Waals surface area contributed by atoms with Gasteiger partial charge < -0.3 is 5.32 Å². The highest BCUT2D eigenvalue weighted by atomic mass is 16.2. The van der Waals surface area contributed by atoms with Crippen LogP contribution in [0.5, 0.6) is 0 Å². The van der Waals surface area contributed by atoms with Crippen molar-refractivity contribution in [2.24, 2.45) is 0 Å². The van der Waals surface area contributed by atoms with Crippen molar-refractivity contribution in [2.75, 3.05) is 6.54 Å². The number of hydrazine groups is 1. The monoisotopic (exact) mass is 374 g/mol. The fraction of sp³-hybridized carbons (Fsp3) is 0.0476. The number of aromatic nitrogens is 1. The molecule has 140 valence electrons. The third kappa shape index (κ3) is 5.01. The molecule has 7 heteroatoms. The van der Waals surface area contributed by atoms with E-state index in [0.717, 1.165) is 11.1 Å². The number of hydrogen-bond donors (Lipinski definition) is 3. The molecule has 0 saturated heterocycles. The van der Waals surface area contributed by atoms with Gasteiger partial charge in [0, 0.05) is 18.0 Å². The zero-order chi connectivity index (χ0) is 19.8. The summed E-state index contributed by atoms with van der Waals surface area (Å²) in [5, 5.41) is 2.51. The lowest BCUT2D eigenvalue weighted by Gasteiger charge is -2.09. The van der Waals surface area contributed by atoms with Crippen LogP contribution < -0.4 is 16.2 Å². The van der Waals surface area contributed by atoms with Crippen LogP contribution in [0.25, 0.3) is 11.1 Å². The minimum Gasteiger partial charge on any atom is -0.343 e. The molecule has 0 unspecified atom stereocenters. The molecule has 0 fully saturated rings. The topological polar surface area (TPSA) is 100 Å². The Morgan fingerprint density at radius 2 is 1.43 bits per heavy atom. The van der Waals surface area contributed by atoms with E-state index in [2.05, 4.69) is 21.2 Å². The van der Waals surface area contributed by atoms with Crippen molar-refractivity contribution in [3.8, 4) is 11.1 Å². The molecule has 28 heavy (non-hydrogen) atoms. The lowest BCUT2D eigenvalue weighted by molar-refractivity contribution is -0.120. The van der Waals surface area contributed by atoms with E-state index in [9.17, 15) is 14.4 Å². The third-order valence-corrected chi connectivity index (χ3v) is 3.90. The Morgan fingerprint density at radius 3 is 2.11 bits per heavy atom. The summed E-state index contributed by atoms with van der Waals surface area (Å²) >= 11 is 0. The first-order valence-electron chi connectivity index (χ1n) is 8.56. The maximum atomic E-state index is 12.2. The predicted octanol–water partition coefficient (Wildman–Crippen LogP) is 1.94. The smallest absolute Gasteiger partial charge is 0.271 e. The first kappa shape index (κ1) is 18.8. The second kappa shape index (κ2) is 9.09. The highest BCUT2D eigenvalue weighted by Gasteiger charge is 2.10. The minimum atomic E-state index is -0.550. The van der Waals surface area contributed by atoms with Gasteiger partial charge in [0.05, 0.1) is 12.1 Å². The van der Waals surface area contributed by atoms with E-state index in [1.165, 1.54) is 12.4 Å². The summed E-state index contributed by atoms with van der Waals surface area (Å²) in [4.78, 5) is 39.6. The molecule has 0 bridgehead atoms. The van der Waals surface area contributed by atoms with Gasteiger partial charge in [0.15, 0.2) is 0 Å². The number of carbonyl (C=O) groups is 3. The van der Waals surface area contributed by atoms with Crippen LogP contribution in [0.4, 0.5) is 0 Å². The number of rotatable bonds is 5. The zero-order valence-corrected chi connectivity index (χ0v) is 14.9. The van der Waals surface area contributed by atoms with Gasteiger partial charge in [0.1, 0.15) is 0 Å². The van der Waals surface area contributed by atoms with E-state index >= 15 is 0 Å². The third-order valence-electron chi connectivity index (χ3n) is 3.90. The van der Waals surface area contributed by atoms with E-state index in [1.54, 1.807) is 24.3 Å². The van der Waals surface area contributed by atoms with Gasteiger partial charge in [-0.2, -0.15) is 0 Å². The van der Waals surface area contributed by atoms with Crippen LogP contribution in [0, 0.1) is 0 Å². The molecule has 0 aliphatic rings. The SMILES string of the molecule is O=C(CNC(=O)c1ccc(-c2ccccc2)cc1)NNC(=O)c1cccnc1. The molecule has 3 N–H and O–H groups in total. The maximum Gasteiger partial charge on any atom is 0.271 e. The van der Waals surface area contributed by atoms with Crippen molar-refractivity contribution in [3.05, 3.63) is 90.3 Å². The van der Waals surface area contributed by atoms with Crippen LogP contribution in [0.15, 0.2) is 79.1 Å². The molecule has 0 aliphatic carbocycles. The summed E-state index contributed by atoms with van der Waals surface area (Å²) in [6.07, 6.45) is 2.92. The van der Waals surface area contributed by atoms with Crippen molar-refractivity contribution in [1.82, 2.24) is 21.2 Å². The summed E-state index contributed by atoms with van der Waals surface area (Å²) in [6, 6.07) is 20.1. The number of benzene rings is 2. The Kier molecular flexibility index (Phi) is 6.10. The van der Waals surface area contributed by atoms with Crippen LogP contribution in [-0.2, 0) is 4.79 Å². The van der Waals surface area contributed by atoms with Gasteiger partial charge in [-0.3, -0.25) is 30.2 Å². The fourth-order valence-corrected chi connectivity index (χ4v) is 2.45. The molecule has 3 aromatic rings. The van der Waals surface area contributed by atoms with Gasteiger partial charge in [-0.15, -0.1) is 0 Å². The first-order valence-corrected chi connectivity index (χ1v) is 8.56. The summed E-state index contributed by atoms with van der Waals surface area (Å²) in [5.41, 5.74) is 7.29. The van der Waals surface area contributed by atoms with Crippen molar-refractivity contribution in [1.29, 1.82) is 0 Å². The molecular formula is C21H18N4O3. The average molecular weight is 374 g/mol. The summed E-state index contributed by atoms with van der Waals surface area (Å²) in [7, 11) is 0. The second-order valence-corrected chi connectivity index (χ2v) is 5.87. The van der Waals surface area contributed by atoms with E-state index in [0.29, 0.717) is 11.1 Å². The fourth-order valence-electron chi connectivity index (χ4n) is 2.45. The van der Waals surface area contributed by atoms with Crippen LogP contribution in [0.2, 0.25) is 0 Å². The zero-order valence-electron chi connectivity index (χ0n) is 14.9. The van der Waals surface area contributed by atoms with Crippen molar-refractivity contribution < 1.29 is 14.4 Å². The molecule has 0 spiro atoms. The Bertz CT molecular complexity index is 958. The summed E-state index contributed by atoms with van der Waals surface area (Å²) in [5.74, 6) is -1.43. The van der Waals surface area contributed by atoms with Gasteiger partial charge in [0.2, 0.25) is 0 Å². The molecule has 0 saturated carbocycles. The summed E-state index contributed by atoms with van der Waals surface area (Å²) < 4.78 is 0. The largest absolute Gasteiger partial charge is 0.343 e. The van der Waals surface area contributed by atoms with Crippen LogP contribution in [-0.4, -0.2) is 29.3 Å². The highest BCUT2D eigenvalue weighted by Crippen LogP contribution is 2.19. The van der Waals surface area contributed by atoms with Crippen molar-refractivity contribution in [3.63, 3.8) is 0 Å². The van der Waals surface area contributed by atoms with E-state index in [-0.39, 0.29) is 12.5 Å². The number of amides is 3. The lowest BCUT2D eigenvalue weighted by Crippen LogP contribution is -2.46. The predicted molar refractivity (Wildman–Crippen MR) is 104 cm³/mol. The number of nitrogens with zero attached hydrogens (tertiary/aromatic N) is 1. The number of nitrogens with one attached hydrogen (secondary N) is 3. The molecular weight excluding hydrogens is 356 g/mol. The normalized spacial score (nSPS) is 10.0. The van der Waals surface area contributed by atoms with Gasteiger partial charge in [0.25, 0.3) is 17.7 Å². The maximum absolute atomic E-state index is 12.2. The van der Waals surface area contributed by atoms with E-state index in [1.807, 2.05) is 42.5 Å². The van der Waals surface area contributed by atoms with Crippen LogP contribution in [0.3, 0.4) is 0 Å². The Morgan fingerprint density at radius 1 is 0.714 bits per heavy atom. The number of carbonyl (C=O) groups excluding carboxylic acids is 3. The molecule has 0 aliphatic heterocycles. The average Bonchev–Trinajstić information content (AvgIpc) is 2.77. The lowest BCUT2D eigenvalue weighted by atomic mass is 10.0. The van der Waals surface area contributed by atoms with Crippen molar-refractivity contribution in [2.45, 2.75) is 0 Å². The minimum absolute atomic E-state index is 0.271. The van der Waals surface area contributed by atoms with E-state index in [4.69, 9.17) is 0 Å². The summed E-state index contributed by atoms with van der Waals surface area (Å²) in [6.45, 7) is -0.271. The molecule has 2 aromatic carbocycles. The Labute approximate surface area is 161 Å². The van der Waals surface area contributed by atoms with Gasteiger partial charge in [-0.25, -0.2) is 0 Å². The van der Waals surface area contributed by atoms with Gasteiger partial charge in [-0.05, 0) is 35.4 Å².